The molecule has 26 heavy (non-hydrogen) atoms. The summed E-state index contributed by atoms with van der Waals surface area (Å²) in [6, 6.07) is 18.5. The van der Waals surface area contributed by atoms with E-state index >= 15 is 0 Å². The number of carbonyl (C=O) groups excluding carboxylic acids is 1. The van der Waals surface area contributed by atoms with E-state index < -0.39 is 0 Å². The Morgan fingerprint density at radius 1 is 1.19 bits per heavy atom. The molecule has 0 saturated carbocycles. The Morgan fingerprint density at radius 2 is 2.04 bits per heavy atom. The minimum atomic E-state index is 0.120. The van der Waals surface area contributed by atoms with Gasteiger partial charge >= 0.3 is 0 Å². The third-order valence-electron chi connectivity index (χ3n) is 4.50. The monoisotopic (exact) mass is 416 g/mol. The highest BCUT2D eigenvalue weighted by molar-refractivity contribution is 9.10. The van der Waals surface area contributed by atoms with Crippen LogP contribution in [-0.2, 0) is 11.3 Å². The summed E-state index contributed by atoms with van der Waals surface area (Å²) in [5.41, 5.74) is 1.32. The average molecular weight is 417 g/mol. The number of rotatable bonds is 8. The van der Waals surface area contributed by atoms with Crippen LogP contribution in [0.2, 0.25) is 0 Å². The number of nitrogens with zero attached hydrogens (tertiary/aromatic N) is 1. The van der Waals surface area contributed by atoms with E-state index in [2.05, 4.69) is 50.4 Å². The molecular weight excluding hydrogens is 392 g/mol. The zero-order valence-corrected chi connectivity index (χ0v) is 16.5. The Hall–Kier alpha value is -1.85. The molecule has 0 aliphatic carbocycles. The van der Waals surface area contributed by atoms with Crippen molar-refractivity contribution in [2.75, 3.05) is 19.7 Å². The molecule has 4 nitrogen and oxygen atoms in total. The van der Waals surface area contributed by atoms with Crippen LogP contribution >= 0.6 is 15.9 Å². The van der Waals surface area contributed by atoms with Crippen LogP contribution in [-0.4, -0.2) is 36.5 Å². The van der Waals surface area contributed by atoms with E-state index in [1.807, 2.05) is 30.3 Å². The first kappa shape index (κ1) is 18.9. The molecular formula is C21H25BrN2O2. The second-order valence-electron chi connectivity index (χ2n) is 6.68. The first-order valence-corrected chi connectivity index (χ1v) is 9.92. The van der Waals surface area contributed by atoms with Gasteiger partial charge in [0.15, 0.2) is 0 Å². The molecule has 2 aromatic rings. The van der Waals surface area contributed by atoms with Gasteiger partial charge in [-0.15, -0.1) is 0 Å². The maximum absolute atomic E-state index is 12.1. The van der Waals surface area contributed by atoms with Crippen molar-refractivity contribution in [1.29, 1.82) is 0 Å². The van der Waals surface area contributed by atoms with Crippen LogP contribution in [0.25, 0.3) is 0 Å². The Kier molecular flexibility index (Phi) is 7.09. The average Bonchev–Trinajstić information content (AvgIpc) is 3.06. The van der Waals surface area contributed by atoms with Gasteiger partial charge in [0.05, 0.1) is 6.61 Å². The molecule has 0 radical (unpaired) electrons. The lowest BCUT2D eigenvalue weighted by atomic mass is 10.2. The Balaban J connectivity index is 1.31. The number of hydrogen-bond acceptors (Lipinski definition) is 3. The minimum Gasteiger partial charge on any atom is -0.494 e. The van der Waals surface area contributed by atoms with Gasteiger partial charge in [-0.05, 0) is 36.6 Å². The maximum Gasteiger partial charge on any atom is 0.220 e. The van der Waals surface area contributed by atoms with E-state index in [-0.39, 0.29) is 11.9 Å². The molecule has 1 saturated heterocycles. The maximum atomic E-state index is 12.1. The van der Waals surface area contributed by atoms with Crippen molar-refractivity contribution in [3.05, 3.63) is 64.6 Å². The first-order chi connectivity index (χ1) is 12.7. The van der Waals surface area contributed by atoms with Crippen molar-refractivity contribution in [2.24, 2.45) is 0 Å². The molecule has 1 amide bonds. The van der Waals surface area contributed by atoms with Crippen LogP contribution in [0.1, 0.15) is 24.8 Å². The molecule has 0 spiro atoms. The van der Waals surface area contributed by atoms with Crippen molar-refractivity contribution >= 4 is 21.8 Å². The van der Waals surface area contributed by atoms with Gasteiger partial charge in [-0.3, -0.25) is 9.69 Å². The van der Waals surface area contributed by atoms with E-state index in [4.69, 9.17) is 4.74 Å². The number of hydrogen-bond donors (Lipinski definition) is 1. The summed E-state index contributed by atoms with van der Waals surface area (Å²) in [5.74, 6) is 0.946. The van der Waals surface area contributed by atoms with Crippen LogP contribution in [0.4, 0.5) is 0 Å². The van der Waals surface area contributed by atoms with Gasteiger partial charge in [-0.2, -0.15) is 0 Å². The van der Waals surface area contributed by atoms with Crippen LogP contribution in [0.15, 0.2) is 59.1 Å². The quantitative estimate of drug-likeness (QED) is 0.661. The largest absolute Gasteiger partial charge is 0.494 e. The van der Waals surface area contributed by atoms with Crippen molar-refractivity contribution < 1.29 is 9.53 Å². The molecule has 1 heterocycles. The Labute approximate surface area is 163 Å². The molecule has 0 bridgehead atoms. The predicted octanol–water partition coefficient (Wildman–Crippen LogP) is 4.00. The summed E-state index contributed by atoms with van der Waals surface area (Å²) in [5, 5.41) is 3.16. The van der Waals surface area contributed by atoms with E-state index in [1.165, 1.54) is 5.56 Å². The summed E-state index contributed by atoms with van der Waals surface area (Å²) >= 11 is 3.42. The second kappa shape index (κ2) is 9.74. The SMILES string of the molecule is O=C(CCCOc1cccc(Br)c1)NC1CCN(Cc2ccccc2)C1. The lowest BCUT2D eigenvalue weighted by molar-refractivity contribution is -0.121. The van der Waals surface area contributed by atoms with Gasteiger partial charge in [0.25, 0.3) is 0 Å². The predicted molar refractivity (Wildman–Crippen MR) is 107 cm³/mol. The highest BCUT2D eigenvalue weighted by Gasteiger charge is 2.23. The Morgan fingerprint density at radius 3 is 2.85 bits per heavy atom. The summed E-state index contributed by atoms with van der Waals surface area (Å²) in [6.45, 7) is 3.46. The van der Waals surface area contributed by atoms with Gasteiger partial charge < -0.3 is 10.1 Å². The molecule has 3 rings (SSSR count). The third kappa shape index (κ3) is 6.15. The van der Waals surface area contributed by atoms with Crippen LogP contribution in [0.5, 0.6) is 5.75 Å². The Bertz CT molecular complexity index is 708. The number of benzene rings is 2. The van der Waals surface area contributed by atoms with Crippen LogP contribution in [0.3, 0.4) is 0 Å². The molecule has 138 valence electrons. The molecule has 1 aliphatic rings. The molecule has 1 N–H and O–H groups in total. The number of amides is 1. The van der Waals surface area contributed by atoms with Crippen LogP contribution < -0.4 is 10.1 Å². The lowest BCUT2D eigenvalue weighted by Crippen LogP contribution is -2.37. The minimum absolute atomic E-state index is 0.120. The molecule has 1 atom stereocenters. The highest BCUT2D eigenvalue weighted by atomic mass is 79.9. The number of carbonyl (C=O) groups is 1. The molecule has 1 unspecified atom stereocenters. The lowest BCUT2D eigenvalue weighted by Gasteiger charge is -2.17. The normalized spacial score (nSPS) is 17.2. The summed E-state index contributed by atoms with van der Waals surface area (Å²) in [7, 11) is 0. The van der Waals surface area contributed by atoms with Gasteiger partial charge in [0.1, 0.15) is 5.75 Å². The van der Waals surface area contributed by atoms with Gasteiger partial charge in [-0.1, -0.05) is 52.3 Å². The van der Waals surface area contributed by atoms with Crippen LogP contribution in [0, 0.1) is 0 Å². The molecule has 2 aromatic carbocycles. The van der Waals surface area contributed by atoms with Gasteiger partial charge in [0.2, 0.25) is 5.91 Å². The molecule has 5 heteroatoms. The van der Waals surface area contributed by atoms with E-state index in [0.29, 0.717) is 13.0 Å². The molecule has 1 aliphatic heterocycles. The second-order valence-corrected chi connectivity index (χ2v) is 7.60. The number of ether oxygens (including phenoxy) is 1. The number of nitrogens with one attached hydrogen (secondary N) is 1. The third-order valence-corrected chi connectivity index (χ3v) is 4.99. The van der Waals surface area contributed by atoms with Crippen molar-refractivity contribution in [1.82, 2.24) is 10.2 Å². The number of likely N-dealkylation sites (tertiary alicyclic amines) is 1. The topological polar surface area (TPSA) is 41.6 Å². The smallest absolute Gasteiger partial charge is 0.220 e. The fourth-order valence-corrected chi connectivity index (χ4v) is 3.59. The fraction of sp³-hybridized carbons (Fsp3) is 0.381. The van der Waals surface area contributed by atoms with Gasteiger partial charge in [-0.25, -0.2) is 0 Å². The van der Waals surface area contributed by atoms with E-state index in [1.54, 1.807) is 0 Å². The zero-order valence-electron chi connectivity index (χ0n) is 14.9. The molecule has 1 fully saturated rings. The van der Waals surface area contributed by atoms with Crippen molar-refractivity contribution in [3.8, 4) is 5.75 Å². The standard InChI is InChI=1S/C21H25BrN2O2/c22-18-8-4-9-20(14-18)26-13-5-10-21(25)23-19-11-12-24(16-19)15-17-6-2-1-3-7-17/h1-4,6-9,14,19H,5,10-13,15-16H2,(H,23,25). The van der Waals surface area contributed by atoms with Crippen molar-refractivity contribution in [3.63, 3.8) is 0 Å². The summed E-state index contributed by atoms with van der Waals surface area (Å²) in [6.07, 6.45) is 2.25. The fourth-order valence-electron chi connectivity index (χ4n) is 3.22. The summed E-state index contributed by atoms with van der Waals surface area (Å²) in [4.78, 5) is 14.5. The number of halogens is 1. The van der Waals surface area contributed by atoms with Crippen molar-refractivity contribution in [2.45, 2.75) is 31.8 Å². The summed E-state index contributed by atoms with van der Waals surface area (Å²) < 4.78 is 6.67. The zero-order chi connectivity index (χ0) is 18.2. The highest BCUT2D eigenvalue weighted by Crippen LogP contribution is 2.18. The van der Waals surface area contributed by atoms with E-state index in [9.17, 15) is 4.79 Å². The molecule has 0 aromatic heterocycles. The first-order valence-electron chi connectivity index (χ1n) is 9.13. The van der Waals surface area contributed by atoms with Gasteiger partial charge in [0, 0.05) is 36.6 Å². The van der Waals surface area contributed by atoms with E-state index in [0.717, 1.165) is 42.7 Å².